The first kappa shape index (κ1) is 36.1. The average molecular weight is 747 g/mol. The summed E-state index contributed by atoms with van der Waals surface area (Å²) in [5.74, 6) is -3.81. The lowest BCUT2D eigenvalue weighted by Gasteiger charge is -2.36. The highest BCUT2D eigenvalue weighted by Gasteiger charge is 2.33. The minimum atomic E-state index is -4.34. The highest BCUT2D eigenvalue weighted by atomic mass is 32.2. The standard InChI is InChI=1S/C38H37F3N6O5S/c1-52-34(48)18-24-2-4-25(5-3-24)22-45-14-16-46(17-15-45)29-8-6-26(7-9-29)27-19-30-31(21-43-38(30)42-20-27)37(49)35-32(40)10-11-33(36(35)41)44-53(50,51)47-13-12-28(39)23-47/h2-11,19-21,28,44H,12-18,22-23H2,1H3,(H,42,43). The number of pyridine rings is 1. The molecular weight excluding hydrogens is 710 g/mol. The van der Waals surface area contributed by atoms with Crippen LogP contribution in [0.5, 0.6) is 0 Å². The van der Waals surface area contributed by atoms with E-state index in [9.17, 15) is 22.4 Å². The van der Waals surface area contributed by atoms with Crippen molar-refractivity contribution in [2.45, 2.75) is 25.6 Å². The molecule has 0 aliphatic carbocycles. The molecule has 53 heavy (non-hydrogen) atoms. The van der Waals surface area contributed by atoms with Crippen LogP contribution >= 0.6 is 0 Å². The van der Waals surface area contributed by atoms with Gasteiger partial charge in [-0.25, -0.2) is 18.2 Å². The Labute approximate surface area is 304 Å². The zero-order valence-corrected chi connectivity index (χ0v) is 29.6. The molecule has 4 heterocycles. The Morgan fingerprint density at radius 2 is 1.66 bits per heavy atom. The van der Waals surface area contributed by atoms with E-state index in [1.807, 2.05) is 53.3 Å². The van der Waals surface area contributed by atoms with Crippen LogP contribution in [0.25, 0.3) is 22.2 Å². The maximum Gasteiger partial charge on any atom is 0.309 e. The Morgan fingerprint density at radius 3 is 2.34 bits per heavy atom. The highest BCUT2D eigenvalue weighted by molar-refractivity contribution is 7.90. The summed E-state index contributed by atoms with van der Waals surface area (Å²) in [5, 5.41) is 0.335. The van der Waals surface area contributed by atoms with Gasteiger partial charge in [-0.2, -0.15) is 12.7 Å². The van der Waals surface area contributed by atoms with E-state index < -0.39 is 45.0 Å². The number of H-pyrrole nitrogens is 1. The van der Waals surface area contributed by atoms with Crippen molar-refractivity contribution in [1.82, 2.24) is 19.2 Å². The number of carbonyl (C=O) groups excluding carboxylic acids is 2. The van der Waals surface area contributed by atoms with Crippen LogP contribution in [0.4, 0.5) is 24.5 Å². The highest BCUT2D eigenvalue weighted by Crippen LogP contribution is 2.31. The summed E-state index contributed by atoms with van der Waals surface area (Å²) in [6.07, 6.45) is 1.87. The molecule has 5 aromatic rings. The van der Waals surface area contributed by atoms with Crippen molar-refractivity contribution in [3.63, 3.8) is 0 Å². The van der Waals surface area contributed by atoms with Crippen molar-refractivity contribution in [2.75, 3.05) is 56.0 Å². The molecule has 2 fully saturated rings. The number of ether oxygens (including phenoxy) is 1. The SMILES string of the molecule is COC(=O)Cc1ccc(CN2CCN(c3ccc(-c4cnc5[nH]cc(C(=O)c6c(F)ccc(NS(=O)(=O)N7CCC(F)C7)c6F)c5c4)cc3)CC2)cc1. The van der Waals surface area contributed by atoms with E-state index in [-0.39, 0.29) is 37.5 Å². The number of alkyl halides is 1. The molecule has 276 valence electrons. The third-order valence-corrected chi connectivity index (χ3v) is 11.2. The molecule has 0 bridgehead atoms. The molecule has 3 aromatic carbocycles. The van der Waals surface area contributed by atoms with Gasteiger partial charge in [-0.1, -0.05) is 36.4 Å². The van der Waals surface area contributed by atoms with E-state index in [4.69, 9.17) is 4.74 Å². The molecule has 15 heteroatoms. The van der Waals surface area contributed by atoms with Gasteiger partial charge in [0.2, 0.25) is 5.78 Å². The number of benzene rings is 3. The number of piperazine rings is 1. The van der Waals surface area contributed by atoms with Gasteiger partial charge in [0.1, 0.15) is 17.6 Å². The van der Waals surface area contributed by atoms with Crippen LogP contribution in [0.15, 0.2) is 79.1 Å². The molecule has 2 aliphatic rings. The Hall–Kier alpha value is -5.25. The molecule has 1 atom stereocenters. The van der Waals surface area contributed by atoms with Crippen LogP contribution in [0.2, 0.25) is 0 Å². The first-order valence-corrected chi connectivity index (χ1v) is 18.6. The summed E-state index contributed by atoms with van der Waals surface area (Å²) in [4.78, 5) is 37.2. The van der Waals surface area contributed by atoms with Gasteiger partial charge in [0.05, 0.1) is 24.8 Å². The van der Waals surface area contributed by atoms with Crippen LogP contribution in [0, 0.1) is 11.6 Å². The lowest BCUT2D eigenvalue weighted by atomic mass is 9.99. The number of ketones is 1. The Morgan fingerprint density at radius 1 is 0.943 bits per heavy atom. The van der Waals surface area contributed by atoms with Gasteiger partial charge in [-0.15, -0.1) is 0 Å². The number of aromatic nitrogens is 2. The van der Waals surface area contributed by atoms with Crippen molar-refractivity contribution < 1.29 is 35.9 Å². The van der Waals surface area contributed by atoms with Crippen LogP contribution in [-0.2, 0) is 32.7 Å². The van der Waals surface area contributed by atoms with E-state index in [2.05, 4.69) is 19.8 Å². The zero-order valence-electron chi connectivity index (χ0n) is 28.8. The molecule has 0 radical (unpaired) electrons. The van der Waals surface area contributed by atoms with Crippen LogP contribution in [0.1, 0.15) is 33.5 Å². The van der Waals surface area contributed by atoms with Crippen LogP contribution < -0.4 is 9.62 Å². The van der Waals surface area contributed by atoms with Crippen LogP contribution in [-0.4, -0.2) is 91.9 Å². The number of nitrogens with one attached hydrogen (secondary N) is 2. The molecule has 2 N–H and O–H groups in total. The number of hydrogen-bond donors (Lipinski definition) is 2. The van der Waals surface area contributed by atoms with Crippen molar-refractivity contribution in [3.8, 4) is 11.1 Å². The second-order valence-corrected chi connectivity index (χ2v) is 14.8. The van der Waals surface area contributed by atoms with E-state index in [0.717, 1.165) is 66.0 Å². The van der Waals surface area contributed by atoms with Gasteiger partial charge >= 0.3 is 16.2 Å². The van der Waals surface area contributed by atoms with Crippen molar-refractivity contribution in [3.05, 3.63) is 113 Å². The maximum absolute atomic E-state index is 15.7. The normalized spacial score (nSPS) is 17.0. The zero-order chi connectivity index (χ0) is 37.3. The molecule has 0 amide bonds. The number of nitrogens with zero attached hydrogens (tertiary/aromatic N) is 4. The number of fused-ring (bicyclic) bond motifs is 1. The van der Waals surface area contributed by atoms with Gasteiger partial charge in [0, 0.05) is 80.4 Å². The Balaban J connectivity index is 1.02. The molecular formula is C38H37F3N6O5S. The fourth-order valence-corrected chi connectivity index (χ4v) is 7.99. The van der Waals surface area contributed by atoms with Crippen molar-refractivity contribution >= 4 is 44.4 Å². The second kappa shape index (κ2) is 15.0. The van der Waals surface area contributed by atoms with Gasteiger partial charge < -0.3 is 14.6 Å². The molecule has 11 nitrogen and oxygen atoms in total. The molecule has 0 saturated carbocycles. The number of rotatable bonds is 11. The Bertz CT molecular complexity index is 2260. The fourth-order valence-electron chi connectivity index (χ4n) is 6.72. The molecule has 2 aromatic heterocycles. The lowest BCUT2D eigenvalue weighted by Crippen LogP contribution is -2.45. The third kappa shape index (κ3) is 7.77. The summed E-state index contributed by atoms with van der Waals surface area (Å²) in [5.41, 5.74) is 3.39. The monoisotopic (exact) mass is 746 g/mol. The van der Waals surface area contributed by atoms with Crippen molar-refractivity contribution in [1.29, 1.82) is 0 Å². The van der Waals surface area contributed by atoms with Gasteiger partial charge in [0.25, 0.3) is 0 Å². The molecule has 2 saturated heterocycles. The number of aromatic amines is 1. The minimum absolute atomic E-state index is 0.00882. The first-order chi connectivity index (χ1) is 25.5. The quantitative estimate of drug-likeness (QED) is 0.135. The number of methoxy groups -OCH3 is 1. The average Bonchev–Trinajstić information content (AvgIpc) is 3.80. The smallest absolute Gasteiger partial charge is 0.309 e. The molecule has 2 aliphatic heterocycles. The Kier molecular flexibility index (Phi) is 10.2. The van der Waals surface area contributed by atoms with Crippen LogP contribution in [0.3, 0.4) is 0 Å². The van der Waals surface area contributed by atoms with E-state index in [1.54, 1.807) is 12.3 Å². The predicted octanol–water partition coefficient (Wildman–Crippen LogP) is 5.48. The topological polar surface area (TPSA) is 128 Å². The maximum atomic E-state index is 15.7. The summed E-state index contributed by atoms with van der Waals surface area (Å²) < 4.78 is 77.4. The van der Waals surface area contributed by atoms with Gasteiger partial charge in [0.15, 0.2) is 5.82 Å². The van der Waals surface area contributed by atoms with E-state index >= 15 is 8.78 Å². The van der Waals surface area contributed by atoms with Gasteiger partial charge in [-0.3, -0.25) is 19.2 Å². The number of carbonyl (C=O) groups is 2. The van der Waals surface area contributed by atoms with Gasteiger partial charge in [-0.05, 0) is 53.4 Å². The van der Waals surface area contributed by atoms with E-state index in [0.29, 0.717) is 16.6 Å². The summed E-state index contributed by atoms with van der Waals surface area (Å²) in [6.45, 7) is 3.79. The second-order valence-electron chi connectivity index (χ2n) is 13.2. The minimum Gasteiger partial charge on any atom is -0.469 e. The number of hydrogen-bond acceptors (Lipinski definition) is 8. The largest absolute Gasteiger partial charge is 0.469 e. The predicted molar refractivity (Wildman–Crippen MR) is 195 cm³/mol. The summed E-state index contributed by atoms with van der Waals surface area (Å²) in [7, 11) is -2.96. The third-order valence-electron chi connectivity index (χ3n) is 9.71. The molecule has 0 spiro atoms. The molecule has 7 rings (SSSR count). The van der Waals surface area contributed by atoms with E-state index in [1.165, 1.54) is 18.9 Å². The number of halogens is 3. The fraction of sp³-hybridized carbons (Fsp3) is 0.289. The number of anilines is 2. The number of esters is 1. The summed E-state index contributed by atoms with van der Waals surface area (Å²) in [6, 6.07) is 19.4. The van der Waals surface area contributed by atoms with Crippen molar-refractivity contribution in [2.24, 2.45) is 0 Å². The molecule has 1 unspecified atom stereocenters. The summed E-state index contributed by atoms with van der Waals surface area (Å²) >= 11 is 0. The lowest BCUT2D eigenvalue weighted by molar-refractivity contribution is -0.139. The first-order valence-electron chi connectivity index (χ1n) is 17.1.